The molecule has 21 heavy (non-hydrogen) atoms. The van der Waals surface area contributed by atoms with Crippen molar-refractivity contribution in [2.75, 3.05) is 19.3 Å². The number of amides is 1. The summed E-state index contributed by atoms with van der Waals surface area (Å²) in [5, 5.41) is 6.22. The number of sulfone groups is 1. The molecule has 1 unspecified atom stereocenters. The second-order valence-corrected chi connectivity index (χ2v) is 7.63. The van der Waals surface area contributed by atoms with E-state index >= 15 is 0 Å². The van der Waals surface area contributed by atoms with Crippen LogP contribution in [0.3, 0.4) is 0 Å². The Hall–Kier alpha value is -1.40. The molecule has 0 aliphatic carbocycles. The first kappa shape index (κ1) is 16.0. The van der Waals surface area contributed by atoms with Gasteiger partial charge in [0.2, 0.25) is 5.91 Å². The molecule has 6 heteroatoms. The molecular formula is C15H22N2O3S. The lowest BCUT2D eigenvalue weighted by Crippen LogP contribution is -2.41. The van der Waals surface area contributed by atoms with Crippen molar-refractivity contribution in [3.8, 4) is 0 Å². The van der Waals surface area contributed by atoms with Crippen molar-refractivity contribution in [1.82, 2.24) is 10.6 Å². The Balaban J connectivity index is 1.99. The molecule has 0 bridgehead atoms. The van der Waals surface area contributed by atoms with Gasteiger partial charge in [-0.25, -0.2) is 8.42 Å². The molecule has 0 saturated carbocycles. The third-order valence-electron chi connectivity index (χ3n) is 3.83. The molecular weight excluding hydrogens is 288 g/mol. The van der Waals surface area contributed by atoms with Gasteiger partial charge in [-0.1, -0.05) is 12.1 Å². The van der Waals surface area contributed by atoms with Gasteiger partial charge in [0.25, 0.3) is 0 Å². The van der Waals surface area contributed by atoms with Crippen LogP contribution >= 0.6 is 0 Å². The average molecular weight is 310 g/mol. The molecule has 1 aromatic carbocycles. The summed E-state index contributed by atoms with van der Waals surface area (Å²) >= 11 is 0. The summed E-state index contributed by atoms with van der Waals surface area (Å²) in [6.07, 6.45) is 3.12. The van der Waals surface area contributed by atoms with Crippen LogP contribution in [0, 0.1) is 5.92 Å². The fraction of sp³-hybridized carbons (Fsp3) is 0.533. The summed E-state index contributed by atoms with van der Waals surface area (Å²) < 4.78 is 22.8. The Morgan fingerprint density at radius 2 is 2.00 bits per heavy atom. The molecule has 0 spiro atoms. The second kappa shape index (κ2) is 6.58. The minimum absolute atomic E-state index is 0.0245. The van der Waals surface area contributed by atoms with Gasteiger partial charge >= 0.3 is 0 Å². The lowest BCUT2D eigenvalue weighted by molar-refractivity contribution is -0.126. The van der Waals surface area contributed by atoms with Crippen molar-refractivity contribution in [1.29, 1.82) is 0 Å². The Labute approximate surface area is 126 Å². The van der Waals surface area contributed by atoms with Crippen LogP contribution in [0.1, 0.15) is 31.4 Å². The first-order chi connectivity index (χ1) is 9.88. The van der Waals surface area contributed by atoms with Crippen molar-refractivity contribution in [2.24, 2.45) is 5.92 Å². The number of nitrogens with one attached hydrogen (secondary N) is 2. The van der Waals surface area contributed by atoms with Crippen LogP contribution in [-0.2, 0) is 14.6 Å². The molecule has 1 heterocycles. The summed E-state index contributed by atoms with van der Waals surface area (Å²) in [5.41, 5.74) is 0.902. The standard InChI is InChI=1S/C15H22N2O3S/c1-11(17-15(18)13-4-3-9-16-10-13)12-5-7-14(8-6-12)21(2,19)20/h5-8,11,13,16H,3-4,9-10H2,1-2H3,(H,17,18)/t11?,13-/m0/s1. The maximum Gasteiger partial charge on any atom is 0.224 e. The highest BCUT2D eigenvalue weighted by atomic mass is 32.2. The third kappa shape index (κ3) is 4.28. The predicted molar refractivity (Wildman–Crippen MR) is 81.7 cm³/mol. The summed E-state index contributed by atoms with van der Waals surface area (Å²) in [5.74, 6) is 0.0818. The molecule has 1 amide bonds. The van der Waals surface area contributed by atoms with Crippen LogP contribution in [0.2, 0.25) is 0 Å². The van der Waals surface area contributed by atoms with E-state index in [1.807, 2.05) is 6.92 Å². The summed E-state index contributed by atoms with van der Waals surface area (Å²) in [4.78, 5) is 12.5. The third-order valence-corrected chi connectivity index (χ3v) is 4.96. The molecule has 5 nitrogen and oxygen atoms in total. The van der Waals surface area contributed by atoms with Crippen molar-refractivity contribution in [3.05, 3.63) is 29.8 Å². The highest BCUT2D eigenvalue weighted by Crippen LogP contribution is 2.18. The van der Waals surface area contributed by atoms with Gasteiger partial charge in [-0.2, -0.15) is 0 Å². The average Bonchev–Trinajstić information content (AvgIpc) is 2.47. The minimum Gasteiger partial charge on any atom is -0.349 e. The van der Waals surface area contributed by atoms with Gasteiger partial charge in [0.15, 0.2) is 9.84 Å². The molecule has 1 saturated heterocycles. The lowest BCUT2D eigenvalue weighted by Gasteiger charge is -2.24. The molecule has 1 fully saturated rings. The highest BCUT2D eigenvalue weighted by Gasteiger charge is 2.22. The van der Waals surface area contributed by atoms with E-state index in [0.29, 0.717) is 4.90 Å². The molecule has 0 radical (unpaired) electrons. The van der Waals surface area contributed by atoms with E-state index < -0.39 is 9.84 Å². The van der Waals surface area contributed by atoms with E-state index in [-0.39, 0.29) is 17.9 Å². The lowest BCUT2D eigenvalue weighted by atomic mass is 9.98. The van der Waals surface area contributed by atoms with Gasteiger partial charge < -0.3 is 10.6 Å². The van der Waals surface area contributed by atoms with Crippen LogP contribution in [0.5, 0.6) is 0 Å². The largest absolute Gasteiger partial charge is 0.349 e. The SMILES string of the molecule is CC(NC(=O)[C@H]1CCCNC1)c1ccc(S(C)(=O)=O)cc1. The first-order valence-electron chi connectivity index (χ1n) is 7.19. The fourth-order valence-corrected chi connectivity index (χ4v) is 3.12. The quantitative estimate of drug-likeness (QED) is 0.878. The number of benzene rings is 1. The molecule has 2 N–H and O–H groups in total. The first-order valence-corrected chi connectivity index (χ1v) is 9.08. The van der Waals surface area contributed by atoms with E-state index in [4.69, 9.17) is 0 Å². The molecule has 1 aliphatic heterocycles. The van der Waals surface area contributed by atoms with Gasteiger partial charge in [-0.05, 0) is 44.0 Å². The maximum atomic E-state index is 12.2. The zero-order valence-electron chi connectivity index (χ0n) is 12.4. The molecule has 1 aromatic rings. The van der Waals surface area contributed by atoms with E-state index in [0.717, 1.165) is 31.5 Å². The molecule has 116 valence electrons. The highest BCUT2D eigenvalue weighted by molar-refractivity contribution is 7.90. The zero-order valence-corrected chi connectivity index (χ0v) is 13.2. The monoisotopic (exact) mass is 310 g/mol. The van der Waals surface area contributed by atoms with Crippen LogP contribution in [0.4, 0.5) is 0 Å². The smallest absolute Gasteiger partial charge is 0.224 e. The van der Waals surface area contributed by atoms with E-state index in [2.05, 4.69) is 10.6 Å². The van der Waals surface area contributed by atoms with E-state index in [1.54, 1.807) is 24.3 Å². The number of piperidine rings is 1. The van der Waals surface area contributed by atoms with Crippen molar-refractivity contribution in [2.45, 2.75) is 30.7 Å². The Kier molecular flexibility index (Phi) is 5.00. The summed E-state index contributed by atoms with van der Waals surface area (Å²) in [6, 6.07) is 6.53. The number of carbonyl (C=O) groups excluding carboxylic acids is 1. The Bertz CT molecular complexity index is 590. The number of hydrogen-bond donors (Lipinski definition) is 2. The number of rotatable bonds is 4. The van der Waals surface area contributed by atoms with Gasteiger partial charge in [-0.15, -0.1) is 0 Å². The summed E-state index contributed by atoms with van der Waals surface area (Å²) in [6.45, 7) is 3.61. The van der Waals surface area contributed by atoms with Crippen LogP contribution in [0.15, 0.2) is 29.2 Å². The minimum atomic E-state index is -3.18. The van der Waals surface area contributed by atoms with E-state index in [9.17, 15) is 13.2 Å². The van der Waals surface area contributed by atoms with Gasteiger partial charge in [0, 0.05) is 12.8 Å². The van der Waals surface area contributed by atoms with Crippen molar-refractivity contribution < 1.29 is 13.2 Å². The predicted octanol–water partition coefficient (Wildman–Crippen LogP) is 1.27. The van der Waals surface area contributed by atoms with E-state index in [1.165, 1.54) is 6.26 Å². The van der Waals surface area contributed by atoms with Crippen LogP contribution in [-0.4, -0.2) is 33.7 Å². The number of hydrogen-bond acceptors (Lipinski definition) is 4. The van der Waals surface area contributed by atoms with Gasteiger partial charge in [-0.3, -0.25) is 4.79 Å². The van der Waals surface area contributed by atoms with Crippen LogP contribution < -0.4 is 10.6 Å². The fourth-order valence-electron chi connectivity index (χ4n) is 2.49. The molecule has 2 rings (SSSR count). The molecule has 1 aliphatic rings. The van der Waals surface area contributed by atoms with Crippen molar-refractivity contribution in [3.63, 3.8) is 0 Å². The maximum absolute atomic E-state index is 12.2. The number of carbonyl (C=O) groups is 1. The Morgan fingerprint density at radius 1 is 1.33 bits per heavy atom. The molecule has 0 aromatic heterocycles. The van der Waals surface area contributed by atoms with Gasteiger partial charge in [0.1, 0.15) is 0 Å². The van der Waals surface area contributed by atoms with Crippen molar-refractivity contribution >= 4 is 15.7 Å². The van der Waals surface area contributed by atoms with Crippen LogP contribution in [0.25, 0.3) is 0 Å². The zero-order chi connectivity index (χ0) is 15.5. The second-order valence-electron chi connectivity index (χ2n) is 5.61. The molecule has 2 atom stereocenters. The topological polar surface area (TPSA) is 75.3 Å². The summed E-state index contributed by atoms with van der Waals surface area (Å²) in [7, 11) is -3.18. The van der Waals surface area contributed by atoms with Gasteiger partial charge in [0.05, 0.1) is 16.9 Å². The Morgan fingerprint density at radius 3 is 2.52 bits per heavy atom. The normalized spacial score (nSPS) is 20.8.